The third-order valence-corrected chi connectivity index (χ3v) is 3.52. The van der Waals surface area contributed by atoms with Crippen LogP contribution in [0.3, 0.4) is 0 Å². The van der Waals surface area contributed by atoms with Crippen molar-refractivity contribution in [3.8, 4) is 0 Å². The minimum atomic E-state index is -0.249. The van der Waals surface area contributed by atoms with Crippen LogP contribution in [-0.2, 0) is 0 Å². The second-order valence-electron chi connectivity index (χ2n) is 4.79. The topological polar surface area (TPSA) is 32.3 Å². The highest BCUT2D eigenvalue weighted by Gasteiger charge is 2.27. The second kappa shape index (κ2) is 5.38. The number of anilines is 1. The molecule has 3 nitrogen and oxygen atoms in total. The third-order valence-electron chi connectivity index (χ3n) is 3.52. The number of carbonyl (C=O) groups excluding carboxylic acids is 1. The number of hydrogen-bond donors (Lipinski definition) is 1. The van der Waals surface area contributed by atoms with E-state index in [9.17, 15) is 9.18 Å². The molecule has 1 atom stereocenters. The van der Waals surface area contributed by atoms with Crippen LogP contribution in [0.1, 0.15) is 31.7 Å². The van der Waals surface area contributed by atoms with E-state index in [1.54, 1.807) is 19.1 Å². The molecular weight excluding hydrogens is 231 g/mol. The molecule has 1 saturated heterocycles. The Morgan fingerprint density at radius 3 is 3.00 bits per heavy atom. The Labute approximate surface area is 107 Å². The average Bonchev–Trinajstić information content (AvgIpc) is 2.82. The molecule has 1 aliphatic heterocycles. The van der Waals surface area contributed by atoms with Crippen LogP contribution in [0.2, 0.25) is 0 Å². The molecule has 0 radical (unpaired) electrons. The van der Waals surface area contributed by atoms with Gasteiger partial charge in [0.05, 0.1) is 0 Å². The Hall–Kier alpha value is -1.58. The zero-order chi connectivity index (χ0) is 13.1. The molecule has 0 spiro atoms. The van der Waals surface area contributed by atoms with Crippen LogP contribution in [0.15, 0.2) is 18.2 Å². The molecule has 4 heteroatoms. The molecule has 0 aromatic heterocycles. The van der Waals surface area contributed by atoms with Gasteiger partial charge in [0.2, 0.25) is 0 Å². The fourth-order valence-electron chi connectivity index (χ4n) is 2.45. The zero-order valence-electron chi connectivity index (χ0n) is 10.9. The maximum Gasteiger partial charge on any atom is 0.322 e. The lowest BCUT2D eigenvalue weighted by Crippen LogP contribution is -2.38. The highest BCUT2D eigenvalue weighted by molar-refractivity contribution is 5.89. The van der Waals surface area contributed by atoms with Gasteiger partial charge in [0.25, 0.3) is 0 Å². The summed E-state index contributed by atoms with van der Waals surface area (Å²) in [4.78, 5) is 14.0. The van der Waals surface area contributed by atoms with E-state index in [-0.39, 0.29) is 11.8 Å². The molecule has 2 amide bonds. The molecule has 2 rings (SSSR count). The Balaban J connectivity index is 2.04. The first-order valence-corrected chi connectivity index (χ1v) is 6.45. The van der Waals surface area contributed by atoms with Gasteiger partial charge in [-0.1, -0.05) is 6.92 Å². The molecule has 1 N–H and O–H groups in total. The van der Waals surface area contributed by atoms with Crippen molar-refractivity contribution in [2.24, 2.45) is 0 Å². The fraction of sp³-hybridized carbons (Fsp3) is 0.500. The summed E-state index contributed by atoms with van der Waals surface area (Å²) in [7, 11) is 0. The van der Waals surface area contributed by atoms with Crippen molar-refractivity contribution >= 4 is 11.7 Å². The Kier molecular flexibility index (Phi) is 3.84. The maximum absolute atomic E-state index is 13.1. The van der Waals surface area contributed by atoms with Gasteiger partial charge in [0.15, 0.2) is 0 Å². The summed E-state index contributed by atoms with van der Waals surface area (Å²) in [5, 5.41) is 2.84. The summed E-state index contributed by atoms with van der Waals surface area (Å²) >= 11 is 0. The van der Waals surface area contributed by atoms with Gasteiger partial charge in [0, 0.05) is 18.3 Å². The average molecular weight is 250 g/mol. The summed E-state index contributed by atoms with van der Waals surface area (Å²) < 4.78 is 13.1. The van der Waals surface area contributed by atoms with E-state index < -0.39 is 0 Å². The van der Waals surface area contributed by atoms with Crippen LogP contribution >= 0.6 is 0 Å². The largest absolute Gasteiger partial charge is 0.322 e. The van der Waals surface area contributed by atoms with Gasteiger partial charge in [-0.05, 0) is 49.9 Å². The first kappa shape index (κ1) is 12.9. The van der Waals surface area contributed by atoms with E-state index in [4.69, 9.17) is 0 Å². The van der Waals surface area contributed by atoms with Gasteiger partial charge >= 0.3 is 6.03 Å². The molecular formula is C14H19FN2O. The number of likely N-dealkylation sites (tertiary alicyclic amines) is 1. The van der Waals surface area contributed by atoms with Gasteiger partial charge in [0.1, 0.15) is 5.82 Å². The van der Waals surface area contributed by atoms with E-state index in [1.165, 1.54) is 6.07 Å². The van der Waals surface area contributed by atoms with Crippen molar-refractivity contribution in [3.05, 3.63) is 29.6 Å². The summed E-state index contributed by atoms with van der Waals surface area (Å²) in [5.74, 6) is -0.249. The lowest BCUT2D eigenvalue weighted by molar-refractivity contribution is 0.205. The molecule has 1 aliphatic rings. The minimum Gasteiger partial charge on any atom is -0.322 e. The summed E-state index contributed by atoms with van der Waals surface area (Å²) in [5.41, 5.74) is 1.20. The van der Waals surface area contributed by atoms with Crippen LogP contribution in [-0.4, -0.2) is 23.5 Å². The number of amides is 2. The molecule has 98 valence electrons. The van der Waals surface area contributed by atoms with Gasteiger partial charge in [-0.15, -0.1) is 0 Å². The fourth-order valence-corrected chi connectivity index (χ4v) is 2.45. The molecule has 1 fully saturated rings. The van der Waals surface area contributed by atoms with Gasteiger partial charge in [-0.25, -0.2) is 9.18 Å². The van der Waals surface area contributed by atoms with Gasteiger partial charge in [-0.3, -0.25) is 0 Å². The Morgan fingerprint density at radius 1 is 1.56 bits per heavy atom. The molecule has 1 aromatic rings. The smallest absolute Gasteiger partial charge is 0.322 e. The molecule has 1 heterocycles. The number of hydrogen-bond acceptors (Lipinski definition) is 1. The number of benzene rings is 1. The number of urea groups is 1. The summed E-state index contributed by atoms with van der Waals surface area (Å²) in [6.45, 7) is 4.60. The van der Waals surface area contributed by atoms with Crippen molar-refractivity contribution in [1.29, 1.82) is 0 Å². The maximum atomic E-state index is 13.1. The van der Waals surface area contributed by atoms with E-state index in [1.807, 2.05) is 4.90 Å². The lowest BCUT2D eigenvalue weighted by Gasteiger charge is -2.24. The molecule has 1 aromatic carbocycles. The third kappa shape index (κ3) is 2.63. The van der Waals surface area contributed by atoms with Crippen LogP contribution in [0.25, 0.3) is 0 Å². The zero-order valence-corrected chi connectivity index (χ0v) is 10.9. The number of rotatable bonds is 2. The number of carbonyl (C=O) groups is 1. The van der Waals surface area contributed by atoms with Crippen molar-refractivity contribution in [1.82, 2.24) is 4.90 Å². The van der Waals surface area contributed by atoms with Crippen molar-refractivity contribution < 1.29 is 9.18 Å². The number of aryl methyl sites for hydroxylation is 1. The summed E-state index contributed by atoms with van der Waals surface area (Å²) in [6, 6.07) is 4.89. The lowest BCUT2D eigenvalue weighted by atomic mass is 10.2. The Morgan fingerprint density at radius 2 is 2.33 bits per heavy atom. The van der Waals surface area contributed by atoms with Crippen LogP contribution in [0.4, 0.5) is 14.9 Å². The predicted octanol–water partition coefficient (Wildman–Crippen LogP) is 3.54. The highest BCUT2D eigenvalue weighted by Crippen LogP contribution is 2.21. The van der Waals surface area contributed by atoms with Gasteiger partial charge in [-0.2, -0.15) is 0 Å². The van der Waals surface area contributed by atoms with Crippen molar-refractivity contribution in [2.75, 3.05) is 11.9 Å². The van der Waals surface area contributed by atoms with E-state index >= 15 is 0 Å². The van der Waals surface area contributed by atoms with E-state index in [0.717, 1.165) is 25.8 Å². The first-order valence-electron chi connectivity index (χ1n) is 6.45. The summed E-state index contributed by atoms with van der Waals surface area (Å²) in [6.07, 6.45) is 3.12. The van der Waals surface area contributed by atoms with Crippen LogP contribution < -0.4 is 5.32 Å². The molecule has 0 unspecified atom stereocenters. The van der Waals surface area contributed by atoms with Gasteiger partial charge < -0.3 is 10.2 Å². The SMILES string of the molecule is CC[C@H]1CCCN1C(=O)Nc1ccc(F)c(C)c1. The molecule has 0 aliphatic carbocycles. The number of halogens is 1. The van der Waals surface area contributed by atoms with E-state index in [2.05, 4.69) is 12.2 Å². The predicted molar refractivity (Wildman–Crippen MR) is 70.2 cm³/mol. The van der Waals surface area contributed by atoms with Crippen molar-refractivity contribution in [3.63, 3.8) is 0 Å². The Bertz CT molecular complexity index is 447. The molecule has 18 heavy (non-hydrogen) atoms. The molecule has 0 bridgehead atoms. The number of nitrogens with zero attached hydrogens (tertiary/aromatic N) is 1. The quantitative estimate of drug-likeness (QED) is 0.855. The van der Waals surface area contributed by atoms with Crippen molar-refractivity contribution in [2.45, 2.75) is 39.2 Å². The van der Waals surface area contributed by atoms with Crippen LogP contribution in [0, 0.1) is 12.7 Å². The van der Waals surface area contributed by atoms with E-state index in [0.29, 0.717) is 17.3 Å². The number of nitrogens with one attached hydrogen (secondary N) is 1. The standard InChI is InChI=1S/C14H19FN2O/c1-3-12-5-4-8-17(12)14(18)16-11-6-7-13(15)10(2)9-11/h6-7,9,12H,3-5,8H2,1-2H3,(H,16,18)/t12-/m0/s1. The highest BCUT2D eigenvalue weighted by atomic mass is 19.1. The normalized spacial score (nSPS) is 19.1. The molecule has 0 saturated carbocycles. The monoisotopic (exact) mass is 250 g/mol. The minimum absolute atomic E-state index is 0.0784. The second-order valence-corrected chi connectivity index (χ2v) is 4.79. The van der Waals surface area contributed by atoms with Crippen LogP contribution in [0.5, 0.6) is 0 Å². The first-order chi connectivity index (χ1) is 8.61.